The zero-order valence-electron chi connectivity index (χ0n) is 24.1. The second-order valence-corrected chi connectivity index (χ2v) is 8.45. The zero-order valence-corrected chi connectivity index (χ0v) is 29.0. The molecule has 0 aromatic heterocycles. The molecule has 0 saturated carbocycles. The zero-order chi connectivity index (χ0) is 29.6. The van der Waals surface area contributed by atoms with Gasteiger partial charge in [-0.05, 0) is 36.0 Å². The fraction of sp³-hybridized carbons (Fsp3) is 0.500. The average Bonchev–Trinajstić information content (AvgIpc) is 2.88. The van der Waals surface area contributed by atoms with Crippen molar-refractivity contribution in [3.63, 3.8) is 0 Å². The molecule has 2 N–H and O–H groups in total. The Kier molecular flexibility index (Phi) is 39.0. The third kappa shape index (κ3) is 42.9. The van der Waals surface area contributed by atoms with Crippen LogP contribution in [0.25, 0.3) is 0 Å². The predicted octanol–water partition coefficient (Wildman–Crippen LogP) is -2.71. The van der Waals surface area contributed by atoms with Crippen molar-refractivity contribution in [1.29, 1.82) is 0 Å². The van der Waals surface area contributed by atoms with E-state index in [4.69, 9.17) is 16.3 Å². The molecular formula is C28H54NNa2O9P. The van der Waals surface area contributed by atoms with Gasteiger partial charge in [0.15, 0.2) is 0 Å². The van der Waals surface area contributed by atoms with Crippen LogP contribution in [0.5, 0.6) is 0 Å². The number of ether oxygens (including phenoxy) is 2. The predicted molar refractivity (Wildman–Crippen MR) is 164 cm³/mol. The molecule has 0 aliphatic heterocycles. The Hall–Kier alpha value is -1.67. The number of hydrogen-bond donors (Lipinski definition) is 2. The van der Waals surface area contributed by atoms with Gasteiger partial charge in [0, 0.05) is 64.7 Å². The van der Waals surface area contributed by atoms with Crippen LogP contribution in [0, 0.1) is 71.7 Å². The molecule has 1 atom stereocenters. The monoisotopic (exact) mass is 625 g/mol. The normalized spacial score (nSPS) is 9.17. The first-order valence-corrected chi connectivity index (χ1v) is 13.4. The topological polar surface area (TPSA) is 157 Å². The van der Waals surface area contributed by atoms with Gasteiger partial charge in [-0.3, -0.25) is 14.9 Å². The van der Waals surface area contributed by atoms with Crippen molar-refractivity contribution in [2.24, 2.45) is 0 Å². The van der Waals surface area contributed by atoms with Crippen molar-refractivity contribution in [2.45, 2.75) is 71.3 Å². The molecule has 10 nitrogen and oxygen atoms in total. The molecule has 0 aromatic rings. The van der Waals surface area contributed by atoms with Gasteiger partial charge in [0.05, 0.1) is 21.0 Å². The number of amides is 1. The number of terminal acetylenes is 1. The summed E-state index contributed by atoms with van der Waals surface area (Å²) < 4.78 is 24.2. The molecule has 1 amide bonds. The Morgan fingerprint density at radius 1 is 0.902 bits per heavy atom. The summed E-state index contributed by atoms with van der Waals surface area (Å²) in [5, 5.41) is 10.8. The van der Waals surface area contributed by atoms with Crippen LogP contribution in [0.2, 0.25) is 0 Å². The van der Waals surface area contributed by atoms with Crippen LogP contribution in [0.1, 0.15) is 80.9 Å². The van der Waals surface area contributed by atoms with Gasteiger partial charge in [0.1, 0.15) is 12.9 Å². The molecule has 0 aromatic carbocycles. The maximum atomic E-state index is 11.7. The number of esters is 1. The van der Waals surface area contributed by atoms with Gasteiger partial charge in [-0.1, -0.05) is 45.4 Å². The minimum Gasteiger partial charge on any atom is -0.790 e. The van der Waals surface area contributed by atoms with Gasteiger partial charge < -0.3 is 33.5 Å². The Morgan fingerprint density at radius 3 is 1.90 bits per heavy atom. The summed E-state index contributed by atoms with van der Waals surface area (Å²) in [5.41, 5.74) is 0. The van der Waals surface area contributed by atoms with Crippen molar-refractivity contribution >= 4 is 19.7 Å². The first kappa shape index (κ1) is 46.3. The summed E-state index contributed by atoms with van der Waals surface area (Å²) >= 11 is 0. The van der Waals surface area contributed by atoms with E-state index in [1.807, 2.05) is 0 Å². The van der Waals surface area contributed by atoms with E-state index in [0.717, 1.165) is 19.3 Å². The summed E-state index contributed by atoms with van der Waals surface area (Å²) in [6.07, 6.45) is 11.4. The molecule has 0 radical (unpaired) electrons. The maximum absolute atomic E-state index is 11.7. The minimum atomic E-state index is -5.14. The van der Waals surface area contributed by atoms with Crippen LogP contribution < -0.4 is 74.2 Å². The summed E-state index contributed by atoms with van der Waals surface area (Å²) in [6, 6.07) is 2.33. The van der Waals surface area contributed by atoms with Crippen LogP contribution in [-0.2, 0) is 28.2 Å². The summed E-state index contributed by atoms with van der Waals surface area (Å²) in [7, 11) is -5.14. The third-order valence-corrected chi connectivity index (χ3v) is 4.43. The van der Waals surface area contributed by atoms with Gasteiger partial charge in [0.2, 0.25) is 5.91 Å². The van der Waals surface area contributed by atoms with Gasteiger partial charge in [-0.15, -0.1) is 6.42 Å². The number of rotatable bonds is 15. The average molecular weight is 626 g/mol. The molecule has 13 heteroatoms. The molecule has 41 heavy (non-hydrogen) atoms. The quantitative estimate of drug-likeness (QED) is 0.0376. The second kappa shape index (κ2) is 34.5. The smallest absolute Gasteiger partial charge is 0.790 e. The third-order valence-electron chi connectivity index (χ3n) is 3.97. The first-order chi connectivity index (χ1) is 18.7. The first-order valence-electron chi connectivity index (χ1n) is 11.9. The van der Waals surface area contributed by atoms with Crippen molar-refractivity contribution in [3.8, 4) is 71.7 Å². The SMILES string of the molecule is C#CC#CC#CC#CC#CC#CNC(C)=O.CCCCCCCCCC(=O)O[C@@H](COCO)COP(=O)([O-])[O-].[HH].[HH].[HH].[HH].[HH].[HH].[HH].[HH].[HH].[HH].[HH].[Na+].[Na+]. The van der Waals surface area contributed by atoms with E-state index in [0.29, 0.717) is 6.42 Å². The Labute approximate surface area is 304 Å². The van der Waals surface area contributed by atoms with E-state index in [9.17, 15) is 23.9 Å². The molecule has 0 spiro atoms. The Balaban J connectivity index is -0.0000000335. The number of aliphatic hydroxyl groups excluding tert-OH is 1. The summed E-state index contributed by atoms with van der Waals surface area (Å²) in [6.45, 7) is 2.02. The Morgan fingerprint density at radius 2 is 1.41 bits per heavy atom. The number of hydrogen-bond acceptors (Lipinski definition) is 9. The molecule has 0 heterocycles. The molecule has 0 aliphatic carbocycles. The molecule has 0 fully saturated rings. The van der Waals surface area contributed by atoms with Crippen LogP contribution in [0.15, 0.2) is 0 Å². The molecule has 232 valence electrons. The fourth-order valence-corrected chi connectivity index (χ4v) is 2.70. The molecule has 0 aliphatic rings. The van der Waals surface area contributed by atoms with E-state index < -0.39 is 33.3 Å². The number of unbranched alkanes of at least 4 members (excludes halogenated alkanes) is 6. The van der Waals surface area contributed by atoms with E-state index >= 15 is 0 Å². The minimum absolute atomic E-state index is 0. The van der Waals surface area contributed by atoms with Gasteiger partial charge in [0.25, 0.3) is 0 Å². The van der Waals surface area contributed by atoms with Crippen LogP contribution in [0.3, 0.4) is 0 Å². The van der Waals surface area contributed by atoms with Gasteiger partial charge in [-0.25, -0.2) is 0 Å². The molecule has 0 rings (SSSR count). The van der Waals surface area contributed by atoms with Crippen molar-refractivity contribution in [3.05, 3.63) is 0 Å². The standard InChI is InChI=1S/C14H5NO.C14H29O8P.2Na.11H2/c1-3-4-5-6-7-8-9-10-11-12-13-15-14(2)16;1-2-3-4-5-6-7-8-9-14(16)22-13(10-20-12-15)11-21-23(17,18)19;;;;;;;;;;;;;/h1H,2H3,(H,15,16);13,15H,2-12H2,1H3,(H2,17,18,19);;;11*1H/q;;2*+1;;;;;;;;;;;/p-2/t;13-;;;;;;;;;;;;;/m.0............./s1. The number of carbonyl (C=O) groups is 2. The number of phosphoric ester groups is 1. The largest absolute Gasteiger partial charge is 1.00 e. The van der Waals surface area contributed by atoms with E-state index in [1.54, 1.807) is 0 Å². The number of nitrogens with one attached hydrogen (secondary N) is 1. The van der Waals surface area contributed by atoms with Crippen LogP contribution in [0.4, 0.5) is 0 Å². The van der Waals surface area contributed by atoms with E-state index in [-0.39, 0.29) is 93.7 Å². The summed E-state index contributed by atoms with van der Waals surface area (Å²) in [5.74, 6) is 23.0. The Bertz CT molecular complexity index is 1180. The van der Waals surface area contributed by atoms with E-state index in [2.05, 4.69) is 86.7 Å². The molecule has 0 bridgehead atoms. The number of carbonyl (C=O) groups excluding carboxylic acids is 2. The summed E-state index contributed by atoms with van der Waals surface area (Å²) in [4.78, 5) is 42.9. The van der Waals surface area contributed by atoms with Crippen molar-refractivity contribution in [2.75, 3.05) is 20.0 Å². The van der Waals surface area contributed by atoms with Crippen molar-refractivity contribution < 1.29 is 118 Å². The second-order valence-electron chi connectivity index (χ2n) is 7.30. The maximum Gasteiger partial charge on any atom is 1.00 e. The number of aliphatic hydroxyl groups is 1. The fourth-order valence-electron chi connectivity index (χ4n) is 2.35. The molecular weight excluding hydrogens is 571 g/mol. The molecule has 0 unspecified atom stereocenters. The number of phosphoric acid groups is 1. The molecule has 0 saturated heterocycles. The van der Waals surface area contributed by atoms with Crippen LogP contribution >= 0.6 is 7.82 Å². The van der Waals surface area contributed by atoms with Gasteiger partial charge in [-0.2, -0.15) is 0 Å². The van der Waals surface area contributed by atoms with Crippen molar-refractivity contribution in [1.82, 2.24) is 5.32 Å². The van der Waals surface area contributed by atoms with Crippen LogP contribution in [-0.4, -0.2) is 43.1 Å². The van der Waals surface area contributed by atoms with E-state index in [1.165, 1.54) is 26.2 Å². The van der Waals surface area contributed by atoms with Gasteiger partial charge >= 0.3 is 65.1 Å².